The summed E-state index contributed by atoms with van der Waals surface area (Å²) in [5.74, 6) is 0.865. The van der Waals surface area contributed by atoms with E-state index in [1.165, 1.54) is 11.5 Å². The van der Waals surface area contributed by atoms with Gasteiger partial charge in [-0.3, -0.25) is 14.3 Å². The molecule has 1 aromatic heterocycles. The molecule has 100 valence electrons. The second kappa shape index (κ2) is 4.63. The summed E-state index contributed by atoms with van der Waals surface area (Å²) in [5.41, 5.74) is -0.805. The summed E-state index contributed by atoms with van der Waals surface area (Å²) < 4.78 is 1.35. The molecule has 0 spiro atoms. The topological polar surface area (TPSA) is 75.1 Å². The molecule has 2 atom stereocenters. The van der Waals surface area contributed by atoms with Crippen LogP contribution in [-0.4, -0.2) is 14.7 Å². The Labute approximate surface area is 105 Å². The van der Waals surface area contributed by atoms with Crippen molar-refractivity contribution in [2.75, 3.05) is 0 Å². The number of H-pyrrole nitrogens is 1. The number of hydrogen-bond donors (Lipinski definition) is 2. The molecule has 1 aromatic rings. The van der Waals surface area contributed by atoms with Gasteiger partial charge < -0.3 is 5.11 Å². The molecule has 0 radical (unpaired) electrons. The standard InChI is InChI=1S/C13H20N2O3/c1-7-4-8(2)6-10(5-7)15-12(17)9(3)11(16)14-13(15)18/h7-8,10,17H,4-6H2,1-3H3,(H,14,16,18). The van der Waals surface area contributed by atoms with Crippen LogP contribution in [0.4, 0.5) is 0 Å². The molecule has 1 aliphatic rings. The van der Waals surface area contributed by atoms with Gasteiger partial charge in [-0.15, -0.1) is 0 Å². The first-order valence-corrected chi connectivity index (χ1v) is 6.44. The van der Waals surface area contributed by atoms with Gasteiger partial charge in [-0.2, -0.15) is 0 Å². The lowest BCUT2D eigenvalue weighted by molar-refractivity contribution is 0.203. The Morgan fingerprint density at radius 2 is 1.72 bits per heavy atom. The molecule has 0 bridgehead atoms. The van der Waals surface area contributed by atoms with Crippen molar-refractivity contribution in [3.63, 3.8) is 0 Å². The molecule has 5 nitrogen and oxygen atoms in total. The molecule has 2 N–H and O–H groups in total. The van der Waals surface area contributed by atoms with Gasteiger partial charge in [0.05, 0.1) is 5.56 Å². The minimum absolute atomic E-state index is 0.0215. The van der Waals surface area contributed by atoms with Crippen LogP contribution in [0.5, 0.6) is 5.88 Å². The van der Waals surface area contributed by atoms with Crippen LogP contribution in [-0.2, 0) is 0 Å². The fourth-order valence-corrected chi connectivity index (χ4v) is 3.08. The van der Waals surface area contributed by atoms with E-state index in [1.807, 2.05) is 0 Å². The van der Waals surface area contributed by atoms with E-state index >= 15 is 0 Å². The van der Waals surface area contributed by atoms with E-state index in [-0.39, 0.29) is 17.5 Å². The van der Waals surface area contributed by atoms with Crippen LogP contribution in [0, 0.1) is 18.8 Å². The lowest BCUT2D eigenvalue weighted by atomic mass is 9.80. The molecule has 5 heteroatoms. The molecule has 0 aliphatic heterocycles. The number of hydrogen-bond acceptors (Lipinski definition) is 3. The van der Waals surface area contributed by atoms with Gasteiger partial charge >= 0.3 is 5.69 Å². The van der Waals surface area contributed by atoms with Gasteiger partial charge in [-0.25, -0.2) is 4.79 Å². The van der Waals surface area contributed by atoms with Crippen LogP contribution in [0.25, 0.3) is 0 Å². The maximum Gasteiger partial charge on any atom is 0.331 e. The van der Waals surface area contributed by atoms with E-state index in [1.54, 1.807) is 0 Å². The maximum absolute atomic E-state index is 11.9. The number of aromatic nitrogens is 2. The normalized spacial score (nSPS) is 28.3. The van der Waals surface area contributed by atoms with Crippen molar-refractivity contribution in [3.8, 4) is 5.88 Å². The van der Waals surface area contributed by atoms with Gasteiger partial charge in [0.1, 0.15) is 0 Å². The van der Waals surface area contributed by atoms with Gasteiger partial charge in [0.25, 0.3) is 5.56 Å². The zero-order valence-corrected chi connectivity index (χ0v) is 11.1. The Morgan fingerprint density at radius 3 is 2.28 bits per heavy atom. The van der Waals surface area contributed by atoms with E-state index in [4.69, 9.17) is 0 Å². The quantitative estimate of drug-likeness (QED) is 0.796. The molecule has 1 heterocycles. The molecule has 1 fully saturated rings. The van der Waals surface area contributed by atoms with Crippen LogP contribution in [0.2, 0.25) is 0 Å². The number of nitrogens with zero attached hydrogens (tertiary/aromatic N) is 1. The Kier molecular flexibility index (Phi) is 3.32. The van der Waals surface area contributed by atoms with Crippen LogP contribution in [0.3, 0.4) is 0 Å². The van der Waals surface area contributed by atoms with Crippen molar-refractivity contribution in [2.45, 2.75) is 46.1 Å². The summed E-state index contributed by atoms with van der Waals surface area (Å²) in [6.07, 6.45) is 2.88. The Hall–Kier alpha value is -1.52. The first kappa shape index (κ1) is 12.9. The lowest BCUT2D eigenvalue weighted by Crippen LogP contribution is -2.36. The largest absolute Gasteiger partial charge is 0.494 e. The first-order valence-electron chi connectivity index (χ1n) is 6.44. The van der Waals surface area contributed by atoms with Crippen LogP contribution in [0.1, 0.15) is 44.7 Å². The fourth-order valence-electron chi connectivity index (χ4n) is 3.08. The summed E-state index contributed by atoms with van der Waals surface area (Å²) in [4.78, 5) is 25.5. The highest BCUT2D eigenvalue weighted by atomic mass is 16.3. The summed E-state index contributed by atoms with van der Waals surface area (Å²) in [5, 5.41) is 10.0. The third-order valence-electron chi connectivity index (χ3n) is 3.86. The van der Waals surface area contributed by atoms with Crippen molar-refractivity contribution in [2.24, 2.45) is 11.8 Å². The SMILES string of the molecule is Cc1c(O)n(C2CC(C)CC(C)C2)c(=O)[nH]c1=O. The van der Waals surface area contributed by atoms with Crippen molar-refractivity contribution in [3.05, 3.63) is 26.4 Å². The van der Waals surface area contributed by atoms with Gasteiger partial charge in [0, 0.05) is 6.04 Å². The highest BCUT2D eigenvalue weighted by Crippen LogP contribution is 2.36. The van der Waals surface area contributed by atoms with Crippen molar-refractivity contribution in [1.82, 2.24) is 9.55 Å². The molecular formula is C13H20N2O3. The number of aromatic hydroxyl groups is 1. The molecule has 2 unspecified atom stereocenters. The predicted octanol–water partition coefficient (Wildman–Crippen LogP) is 1.55. The summed E-state index contributed by atoms with van der Waals surface area (Å²) in [6, 6.07) is -0.0215. The fraction of sp³-hybridized carbons (Fsp3) is 0.692. The minimum Gasteiger partial charge on any atom is -0.494 e. The average Bonchev–Trinajstić information content (AvgIpc) is 2.24. The van der Waals surface area contributed by atoms with E-state index in [0.717, 1.165) is 19.3 Å². The highest BCUT2D eigenvalue weighted by Gasteiger charge is 2.28. The van der Waals surface area contributed by atoms with Gasteiger partial charge in [0.2, 0.25) is 5.88 Å². The minimum atomic E-state index is -0.509. The van der Waals surface area contributed by atoms with Gasteiger partial charge in [-0.05, 0) is 38.0 Å². The average molecular weight is 252 g/mol. The smallest absolute Gasteiger partial charge is 0.331 e. The molecule has 1 saturated carbocycles. The van der Waals surface area contributed by atoms with Crippen LogP contribution in [0.15, 0.2) is 9.59 Å². The summed E-state index contributed by atoms with van der Waals surface area (Å²) in [6.45, 7) is 5.84. The van der Waals surface area contributed by atoms with E-state index in [0.29, 0.717) is 11.8 Å². The Morgan fingerprint density at radius 1 is 1.17 bits per heavy atom. The maximum atomic E-state index is 11.9. The molecule has 2 rings (SSSR count). The lowest BCUT2D eigenvalue weighted by Gasteiger charge is -2.32. The predicted molar refractivity (Wildman–Crippen MR) is 68.9 cm³/mol. The molecule has 0 amide bonds. The Bertz CT molecular complexity index is 548. The van der Waals surface area contributed by atoms with E-state index in [2.05, 4.69) is 18.8 Å². The molecular weight excluding hydrogens is 232 g/mol. The third-order valence-corrected chi connectivity index (χ3v) is 3.86. The van der Waals surface area contributed by atoms with Crippen molar-refractivity contribution >= 4 is 0 Å². The Balaban J connectivity index is 2.48. The zero-order valence-electron chi connectivity index (χ0n) is 11.1. The van der Waals surface area contributed by atoms with Gasteiger partial charge in [-0.1, -0.05) is 13.8 Å². The third kappa shape index (κ3) is 2.21. The van der Waals surface area contributed by atoms with E-state index < -0.39 is 11.2 Å². The molecule has 1 aliphatic carbocycles. The van der Waals surface area contributed by atoms with E-state index in [9.17, 15) is 14.7 Å². The second-order valence-corrected chi connectivity index (χ2v) is 5.65. The van der Waals surface area contributed by atoms with Crippen molar-refractivity contribution < 1.29 is 5.11 Å². The summed E-state index contributed by atoms with van der Waals surface area (Å²) >= 11 is 0. The van der Waals surface area contributed by atoms with Crippen LogP contribution < -0.4 is 11.2 Å². The van der Waals surface area contributed by atoms with Crippen LogP contribution >= 0.6 is 0 Å². The molecule has 0 aromatic carbocycles. The summed E-state index contributed by atoms with van der Waals surface area (Å²) in [7, 11) is 0. The van der Waals surface area contributed by atoms with Crippen molar-refractivity contribution in [1.29, 1.82) is 0 Å². The highest BCUT2D eigenvalue weighted by molar-refractivity contribution is 5.21. The second-order valence-electron chi connectivity index (χ2n) is 5.65. The monoisotopic (exact) mass is 252 g/mol. The first-order chi connectivity index (χ1) is 8.40. The number of nitrogens with one attached hydrogen (secondary N) is 1. The molecule has 0 saturated heterocycles. The number of aromatic amines is 1. The zero-order chi connectivity index (χ0) is 13.4. The number of rotatable bonds is 1. The molecule has 18 heavy (non-hydrogen) atoms. The van der Waals surface area contributed by atoms with Gasteiger partial charge in [0.15, 0.2) is 0 Å².